The zero-order valence-corrected chi connectivity index (χ0v) is 17.2. The van der Waals surface area contributed by atoms with Crippen molar-refractivity contribution in [3.8, 4) is 5.75 Å². The summed E-state index contributed by atoms with van der Waals surface area (Å²) in [7, 11) is -2.25. The molecule has 3 rings (SSSR count). The van der Waals surface area contributed by atoms with E-state index >= 15 is 0 Å². The number of likely N-dealkylation sites (N-methyl/N-ethyl adjacent to an activating group) is 1. The maximum atomic E-state index is 12.8. The van der Waals surface area contributed by atoms with E-state index in [0.717, 1.165) is 19.6 Å². The van der Waals surface area contributed by atoms with Gasteiger partial charge < -0.3 is 9.84 Å². The third-order valence-electron chi connectivity index (χ3n) is 4.15. The van der Waals surface area contributed by atoms with Crippen molar-refractivity contribution in [3.63, 3.8) is 0 Å². The Morgan fingerprint density at radius 3 is 2.41 bits per heavy atom. The fourth-order valence-corrected chi connectivity index (χ4v) is 4.19. The first kappa shape index (κ1) is 19.8. The minimum Gasteiger partial charge on any atom is -0.491 e. The summed E-state index contributed by atoms with van der Waals surface area (Å²) in [5, 5.41) is 12.0. The van der Waals surface area contributed by atoms with Crippen LogP contribution in [0, 0.1) is 0 Å². The van der Waals surface area contributed by atoms with E-state index in [-0.39, 0.29) is 18.0 Å². The van der Waals surface area contributed by atoms with Crippen molar-refractivity contribution < 1.29 is 18.3 Å². The molecule has 0 saturated heterocycles. The Balaban J connectivity index is 1.65. The van der Waals surface area contributed by atoms with E-state index in [1.807, 2.05) is 36.4 Å². The molecule has 3 aromatic rings. The molecule has 0 unspecified atom stereocenters. The topological polar surface area (TPSA) is 66.8 Å². The summed E-state index contributed by atoms with van der Waals surface area (Å²) in [5.74, 6) is 0.609. The number of sulfonamides is 1. The molecule has 0 fully saturated rings. The quantitative estimate of drug-likeness (QED) is 0.597. The van der Waals surface area contributed by atoms with Gasteiger partial charge in [-0.25, -0.2) is 8.42 Å². The van der Waals surface area contributed by atoms with Crippen molar-refractivity contribution in [3.05, 3.63) is 71.2 Å². The summed E-state index contributed by atoms with van der Waals surface area (Å²) >= 11 is 3.34. The Hall–Kier alpha value is -1.93. The minimum atomic E-state index is -3.70. The largest absolute Gasteiger partial charge is 0.491 e. The van der Waals surface area contributed by atoms with Gasteiger partial charge in [-0.05, 0) is 47.2 Å². The molecule has 1 N–H and O–H groups in total. The Kier molecular flexibility index (Phi) is 6.16. The van der Waals surface area contributed by atoms with Crippen LogP contribution in [-0.4, -0.2) is 44.1 Å². The highest BCUT2D eigenvalue weighted by Gasteiger charge is 2.23. The molecule has 0 saturated carbocycles. The van der Waals surface area contributed by atoms with Gasteiger partial charge in [-0.15, -0.1) is 0 Å². The third kappa shape index (κ3) is 4.87. The van der Waals surface area contributed by atoms with Gasteiger partial charge in [0, 0.05) is 18.1 Å². The molecule has 0 amide bonds. The van der Waals surface area contributed by atoms with Gasteiger partial charge in [0.25, 0.3) is 0 Å². The molecule has 3 aromatic carbocycles. The molecule has 0 bridgehead atoms. The van der Waals surface area contributed by atoms with E-state index in [2.05, 4.69) is 15.9 Å². The number of hydrogen-bond acceptors (Lipinski definition) is 4. The molecule has 5 nitrogen and oxygen atoms in total. The standard InChI is InChI=1S/C20H20BrNO4S/c1-22(13-18(23)14-26-19-9-7-17(21)8-10-19)27(24,25)20-11-6-15-4-2-3-5-16(15)12-20/h2-12,18,23H,13-14H2,1H3/t18-/m1/s1. The number of rotatable bonds is 7. The smallest absolute Gasteiger partial charge is 0.242 e. The molecule has 142 valence electrons. The fourth-order valence-electron chi connectivity index (χ4n) is 2.68. The lowest BCUT2D eigenvalue weighted by molar-refractivity contribution is 0.0935. The van der Waals surface area contributed by atoms with Gasteiger partial charge in [0.1, 0.15) is 18.5 Å². The third-order valence-corrected chi connectivity index (χ3v) is 6.50. The predicted molar refractivity (Wildman–Crippen MR) is 109 cm³/mol. The lowest BCUT2D eigenvalue weighted by atomic mass is 10.1. The molecule has 0 aliphatic heterocycles. The summed E-state index contributed by atoms with van der Waals surface area (Å²) in [4.78, 5) is 0.199. The molecular formula is C20H20BrNO4S. The van der Waals surface area contributed by atoms with Crippen LogP contribution in [0.2, 0.25) is 0 Å². The number of aliphatic hydroxyl groups is 1. The molecule has 0 aromatic heterocycles. The zero-order chi connectivity index (χ0) is 19.4. The summed E-state index contributed by atoms with van der Waals surface area (Å²) in [6.07, 6.45) is -0.950. The maximum Gasteiger partial charge on any atom is 0.242 e. The second kappa shape index (κ2) is 8.39. The summed E-state index contributed by atoms with van der Waals surface area (Å²) in [6, 6.07) is 19.8. The summed E-state index contributed by atoms with van der Waals surface area (Å²) < 4.78 is 33.2. The molecule has 0 spiro atoms. The van der Waals surface area contributed by atoms with Crippen molar-refractivity contribution in [1.82, 2.24) is 4.31 Å². The lowest BCUT2D eigenvalue weighted by Gasteiger charge is -2.21. The van der Waals surface area contributed by atoms with E-state index in [1.165, 1.54) is 7.05 Å². The Morgan fingerprint density at radius 1 is 1.04 bits per heavy atom. The number of hydrogen-bond donors (Lipinski definition) is 1. The second-order valence-corrected chi connectivity index (χ2v) is 9.17. The summed E-state index contributed by atoms with van der Waals surface area (Å²) in [6.45, 7) is -0.0646. The van der Waals surface area contributed by atoms with Crippen molar-refractivity contribution in [1.29, 1.82) is 0 Å². The van der Waals surface area contributed by atoms with Crippen LogP contribution in [0.4, 0.5) is 0 Å². The molecular weight excluding hydrogens is 430 g/mol. The van der Waals surface area contributed by atoms with E-state index in [0.29, 0.717) is 5.75 Å². The van der Waals surface area contributed by atoms with E-state index in [9.17, 15) is 13.5 Å². The number of aliphatic hydroxyl groups excluding tert-OH is 1. The fraction of sp³-hybridized carbons (Fsp3) is 0.200. The number of fused-ring (bicyclic) bond motifs is 1. The van der Waals surface area contributed by atoms with Crippen molar-refractivity contribution in [2.24, 2.45) is 0 Å². The van der Waals surface area contributed by atoms with Crippen molar-refractivity contribution >= 4 is 36.7 Å². The first-order valence-electron chi connectivity index (χ1n) is 8.38. The highest BCUT2D eigenvalue weighted by Crippen LogP contribution is 2.21. The molecule has 1 atom stereocenters. The Morgan fingerprint density at radius 2 is 1.70 bits per heavy atom. The average molecular weight is 450 g/mol. The molecule has 0 radical (unpaired) electrons. The minimum absolute atomic E-state index is 0.000781. The van der Waals surface area contributed by atoms with Gasteiger partial charge in [-0.3, -0.25) is 0 Å². The van der Waals surface area contributed by atoms with Gasteiger partial charge in [0.2, 0.25) is 10.0 Å². The maximum absolute atomic E-state index is 12.8. The highest BCUT2D eigenvalue weighted by atomic mass is 79.9. The predicted octanol–water partition coefficient (Wildman–Crippen LogP) is 3.66. The van der Waals surface area contributed by atoms with Crippen LogP contribution in [-0.2, 0) is 10.0 Å². The van der Waals surface area contributed by atoms with E-state index in [4.69, 9.17) is 4.74 Å². The van der Waals surface area contributed by atoms with E-state index in [1.54, 1.807) is 30.3 Å². The lowest BCUT2D eigenvalue weighted by Crippen LogP contribution is -2.37. The van der Waals surface area contributed by atoms with Crippen LogP contribution < -0.4 is 4.74 Å². The number of benzene rings is 3. The monoisotopic (exact) mass is 449 g/mol. The van der Waals surface area contributed by atoms with Crippen LogP contribution in [0.1, 0.15) is 0 Å². The second-order valence-electron chi connectivity index (χ2n) is 6.21. The van der Waals surface area contributed by atoms with Crippen molar-refractivity contribution in [2.45, 2.75) is 11.0 Å². The molecule has 0 heterocycles. The molecule has 7 heteroatoms. The van der Waals surface area contributed by atoms with Crippen LogP contribution in [0.25, 0.3) is 10.8 Å². The molecule has 0 aliphatic carbocycles. The van der Waals surface area contributed by atoms with Gasteiger partial charge in [-0.2, -0.15) is 4.31 Å². The van der Waals surface area contributed by atoms with Crippen LogP contribution in [0.15, 0.2) is 76.1 Å². The van der Waals surface area contributed by atoms with Gasteiger partial charge >= 0.3 is 0 Å². The SMILES string of the molecule is CN(C[C@@H](O)COc1ccc(Br)cc1)S(=O)(=O)c1ccc2ccccc2c1. The number of nitrogens with zero attached hydrogens (tertiary/aromatic N) is 1. The van der Waals surface area contributed by atoms with E-state index < -0.39 is 16.1 Å². The first-order valence-corrected chi connectivity index (χ1v) is 10.6. The molecule has 0 aliphatic rings. The Bertz CT molecular complexity index is 1020. The normalized spacial score (nSPS) is 13.0. The average Bonchev–Trinajstić information content (AvgIpc) is 2.67. The Labute approximate surface area is 167 Å². The van der Waals surface area contributed by atoms with Gasteiger partial charge in [0.05, 0.1) is 4.90 Å². The summed E-state index contributed by atoms with van der Waals surface area (Å²) in [5.41, 5.74) is 0. The van der Waals surface area contributed by atoms with Crippen LogP contribution in [0.5, 0.6) is 5.75 Å². The van der Waals surface area contributed by atoms with Crippen molar-refractivity contribution in [2.75, 3.05) is 20.2 Å². The van der Waals surface area contributed by atoms with Crippen LogP contribution in [0.3, 0.4) is 0 Å². The first-order chi connectivity index (χ1) is 12.9. The number of halogens is 1. The molecule has 27 heavy (non-hydrogen) atoms. The van der Waals surface area contributed by atoms with Gasteiger partial charge in [-0.1, -0.05) is 46.3 Å². The van der Waals surface area contributed by atoms with Gasteiger partial charge in [0.15, 0.2) is 0 Å². The highest BCUT2D eigenvalue weighted by molar-refractivity contribution is 9.10. The zero-order valence-electron chi connectivity index (χ0n) is 14.7. The number of ether oxygens (including phenoxy) is 1. The van der Waals surface area contributed by atoms with Crippen LogP contribution >= 0.6 is 15.9 Å².